The zero-order valence-corrected chi connectivity index (χ0v) is 22.3. The normalized spacial score (nSPS) is 5.33. The van der Waals surface area contributed by atoms with E-state index in [1.165, 1.54) is 0 Å². The Morgan fingerprint density at radius 1 is 0.444 bits per heavy atom. The van der Waals surface area contributed by atoms with Crippen molar-refractivity contribution < 1.29 is 100 Å². The van der Waals surface area contributed by atoms with Crippen molar-refractivity contribution in [2.75, 3.05) is 0 Å². The molecule has 12 nitrogen and oxygen atoms in total. The van der Waals surface area contributed by atoms with Crippen molar-refractivity contribution in [2.24, 2.45) is 0 Å². The largest absolute Gasteiger partial charge is 4.00 e. The average Bonchev–Trinajstić information content (AvgIpc) is 1.76. The first-order chi connectivity index (χ1) is 6.93. The van der Waals surface area contributed by atoms with Gasteiger partial charge in [0.15, 0.2) is 0 Å². The van der Waals surface area contributed by atoms with Crippen molar-refractivity contribution >= 4 is 59.8 Å². The predicted molar refractivity (Wildman–Crippen MR) is 25.8 cm³/mol. The first-order valence-electron chi connectivity index (χ1n) is 2.45. The Hall–Kier alpha value is 1.52. The second kappa shape index (κ2) is 31.1. The van der Waals surface area contributed by atoms with Crippen LogP contribution in [0.1, 0.15) is 0 Å². The molecule has 0 N–H and O–H groups in total. The predicted octanol–water partition coefficient (Wildman–Crippen LogP) is -11.5. The van der Waals surface area contributed by atoms with Gasteiger partial charge in [-0.15, -0.1) is 0 Å². The number of hydrogen-bond acceptors (Lipinski definition) is 12. The minimum absolute atomic E-state index is 0. The van der Waals surface area contributed by atoms with E-state index in [2.05, 4.69) is 0 Å². The summed E-state index contributed by atoms with van der Waals surface area (Å²) >= 11 is -16.3. The molecule has 0 rings (SSSR count). The van der Waals surface area contributed by atoms with Crippen LogP contribution in [-0.4, -0.2) is 59.8 Å². The van der Waals surface area contributed by atoms with Gasteiger partial charge in [0.1, 0.15) is 0 Å². The molecule has 18 heavy (non-hydrogen) atoms. The fourth-order valence-corrected chi connectivity index (χ4v) is 0. The van der Waals surface area contributed by atoms with Crippen molar-refractivity contribution in [3.8, 4) is 0 Å². The van der Waals surface area contributed by atoms with E-state index < -0.39 is 59.8 Å². The summed E-state index contributed by atoms with van der Waals surface area (Å²) in [4.78, 5) is 0. The molecular formula is Ge4HfO12Zr. The summed E-state index contributed by atoms with van der Waals surface area (Å²) in [6.45, 7) is 0. The van der Waals surface area contributed by atoms with Crippen molar-refractivity contribution in [1.29, 1.82) is 0 Å². The number of rotatable bonds is 0. The van der Waals surface area contributed by atoms with Gasteiger partial charge in [0, 0.05) is 0 Å². The van der Waals surface area contributed by atoms with E-state index in [9.17, 15) is 0 Å². The molecule has 96 valence electrons. The van der Waals surface area contributed by atoms with Gasteiger partial charge in [-0.1, -0.05) is 0 Å². The quantitative estimate of drug-likeness (QED) is 0.209. The van der Waals surface area contributed by atoms with E-state index in [0.29, 0.717) is 0 Å². The smallest absolute Gasteiger partial charge is 4.00 e. The zero-order chi connectivity index (χ0) is 14.3. The first kappa shape index (κ1) is 36.6. The minimum atomic E-state index is -4.08. The van der Waals surface area contributed by atoms with Crippen LogP contribution in [-0.2, 0) is 67.2 Å². The molecule has 0 amide bonds. The van der Waals surface area contributed by atoms with Crippen LogP contribution in [0.4, 0.5) is 0 Å². The van der Waals surface area contributed by atoms with Gasteiger partial charge in [0.05, 0.1) is 0 Å². The second-order valence-electron chi connectivity index (χ2n) is 1.00. The Kier molecular flexibility index (Phi) is 63.3. The molecule has 0 aromatic carbocycles. The summed E-state index contributed by atoms with van der Waals surface area (Å²) in [5, 5.41) is 0. The summed E-state index contributed by atoms with van der Waals surface area (Å²) in [7, 11) is 0. The molecule has 0 aliphatic rings. The third kappa shape index (κ3) is 2060. The minimum Gasteiger partial charge on any atom is 4.00 e. The maximum atomic E-state index is 8.58. The van der Waals surface area contributed by atoms with E-state index in [1.54, 1.807) is 0 Å². The van der Waals surface area contributed by atoms with Crippen molar-refractivity contribution in [3.63, 3.8) is 0 Å². The third-order valence-corrected chi connectivity index (χ3v) is 0. The fraction of sp³-hybridized carbons (Fsp3) is 0. The molecule has 0 bridgehead atoms. The molecule has 0 unspecified atom stereocenters. The molecule has 0 fully saturated rings. The third-order valence-electron chi connectivity index (χ3n) is 0. The van der Waals surface area contributed by atoms with Gasteiger partial charge in [-0.3, -0.25) is 0 Å². The van der Waals surface area contributed by atoms with Gasteiger partial charge >= 0.3 is 160 Å². The molecule has 0 saturated heterocycles. The van der Waals surface area contributed by atoms with Crippen LogP contribution in [0, 0.1) is 0 Å². The van der Waals surface area contributed by atoms with Gasteiger partial charge in [-0.25, -0.2) is 0 Å². The Balaban J connectivity index is -0.0000000257. The number of hydrogen-bond donors (Lipinski definition) is 0. The summed E-state index contributed by atoms with van der Waals surface area (Å²) in [5.41, 5.74) is 0. The molecule has 0 aromatic heterocycles. The topological polar surface area (TPSA) is 253 Å². The molecule has 18 heteroatoms. The molecule has 0 atom stereocenters. The van der Waals surface area contributed by atoms with Crippen molar-refractivity contribution in [2.45, 2.75) is 0 Å². The van der Waals surface area contributed by atoms with Crippen LogP contribution in [0.15, 0.2) is 0 Å². The van der Waals surface area contributed by atoms with Crippen molar-refractivity contribution in [1.82, 2.24) is 0 Å². The standard InChI is InChI=1S/4GeO3.Hf.Zr/c4*2-1(3)4;;/q4*-2;2*+4. The maximum Gasteiger partial charge on any atom is 4.00 e. The summed E-state index contributed by atoms with van der Waals surface area (Å²) in [6.07, 6.45) is 0. The zero-order valence-electron chi connectivity index (χ0n) is 7.90. The SMILES string of the molecule is [Hf+4].[O]=[Ge]([O-])[O-].[O]=[Ge]([O-])[O-].[O]=[Ge]([O-])[O-].[O]=[Ge]([O-])[O-].[Zr+4]. The van der Waals surface area contributed by atoms with Gasteiger partial charge < -0.3 is 0 Å². The van der Waals surface area contributed by atoms with Gasteiger partial charge in [-0.2, -0.15) is 0 Å². The Morgan fingerprint density at radius 2 is 0.444 bits per heavy atom. The summed E-state index contributed by atoms with van der Waals surface area (Å²) < 4.78 is 103. The van der Waals surface area contributed by atoms with Gasteiger partial charge in [0.2, 0.25) is 0 Å². The molecule has 0 aliphatic carbocycles. The molecule has 0 saturated carbocycles. The molecule has 0 aromatic rings. The van der Waals surface area contributed by atoms with Crippen LogP contribution in [0.25, 0.3) is 0 Å². The van der Waals surface area contributed by atoms with Gasteiger partial charge in [-0.05, 0) is 0 Å². The van der Waals surface area contributed by atoms with Crippen molar-refractivity contribution in [3.05, 3.63) is 0 Å². The molecule has 0 radical (unpaired) electrons. The van der Waals surface area contributed by atoms with Gasteiger partial charge in [0.25, 0.3) is 0 Å². The van der Waals surface area contributed by atoms with Crippen LogP contribution in [0.3, 0.4) is 0 Å². The first-order valence-corrected chi connectivity index (χ1v) is 12.7. The molecule has 0 aliphatic heterocycles. The van der Waals surface area contributed by atoms with E-state index in [0.717, 1.165) is 0 Å². The Bertz CT molecular complexity index is 164. The summed E-state index contributed by atoms with van der Waals surface area (Å²) in [6, 6.07) is 0. The monoisotopic (exact) mass is 757 g/mol. The van der Waals surface area contributed by atoms with Crippen LogP contribution < -0.4 is 33.1 Å². The second-order valence-corrected chi connectivity index (χ2v) is 5.20. The van der Waals surface area contributed by atoms with E-state index in [1.807, 2.05) is 0 Å². The fourth-order valence-electron chi connectivity index (χ4n) is 0. The molecule has 0 spiro atoms. The van der Waals surface area contributed by atoms with Crippen LogP contribution >= 0.6 is 0 Å². The van der Waals surface area contributed by atoms with E-state index >= 15 is 0 Å². The molecule has 0 heterocycles. The Labute approximate surface area is 158 Å². The van der Waals surface area contributed by atoms with E-state index in [4.69, 9.17) is 48.2 Å². The van der Waals surface area contributed by atoms with Crippen LogP contribution in [0.5, 0.6) is 0 Å². The average molecular weight is 752 g/mol. The van der Waals surface area contributed by atoms with Crippen LogP contribution in [0.2, 0.25) is 0 Å². The maximum absolute atomic E-state index is 8.58. The van der Waals surface area contributed by atoms with E-state index in [-0.39, 0.29) is 52.0 Å². The molecular weight excluding hydrogens is 752 g/mol. The Morgan fingerprint density at radius 3 is 0.444 bits per heavy atom. The summed E-state index contributed by atoms with van der Waals surface area (Å²) in [5.74, 6) is 0.